The van der Waals surface area contributed by atoms with Crippen LogP contribution >= 0.6 is 0 Å². The molecule has 18 heteroatoms. The van der Waals surface area contributed by atoms with E-state index in [-0.39, 0.29) is 24.1 Å². The number of piperidine rings is 2. The number of anilines is 4. The second-order valence-electron chi connectivity index (χ2n) is 19.2. The van der Waals surface area contributed by atoms with Crippen LogP contribution in [-0.4, -0.2) is 118 Å². The van der Waals surface area contributed by atoms with Gasteiger partial charge in [0.25, 0.3) is 5.91 Å². The van der Waals surface area contributed by atoms with Crippen molar-refractivity contribution in [2.24, 2.45) is 11.3 Å². The number of pyridine rings is 2. The molecule has 5 aliphatic heterocycles. The number of aromatic nitrogens is 2. The monoisotopic (exact) mass is 938 g/mol. The minimum absolute atomic E-state index is 0.218. The van der Waals surface area contributed by atoms with E-state index in [0.717, 1.165) is 70.6 Å². The Labute approximate surface area is 396 Å². The maximum absolute atomic E-state index is 15.9. The normalized spacial score (nSPS) is 22.2. The number of halogens is 2. The molecular weight excluding hydrogens is 887 g/mol. The molecule has 0 spiro atoms. The molecule has 3 aromatic carbocycles. The molecule has 69 heavy (non-hydrogen) atoms. The number of piperazine rings is 1. The lowest BCUT2D eigenvalue weighted by atomic mass is 9.95. The lowest BCUT2D eigenvalue weighted by molar-refractivity contribution is -0.137. The number of nitrogens with one attached hydrogen (secondary N) is 4. The summed E-state index contributed by atoms with van der Waals surface area (Å²) >= 11 is 0. The Morgan fingerprint density at radius 1 is 0.841 bits per heavy atom. The quantitative estimate of drug-likeness (QED) is 0.0766. The van der Waals surface area contributed by atoms with Gasteiger partial charge in [-0.1, -0.05) is 0 Å². The van der Waals surface area contributed by atoms with E-state index in [4.69, 9.17) is 4.74 Å². The topological polar surface area (TPSA) is 181 Å². The summed E-state index contributed by atoms with van der Waals surface area (Å²) in [6.07, 6.45) is 7.68. The molecule has 356 valence electrons. The van der Waals surface area contributed by atoms with E-state index in [0.29, 0.717) is 94.7 Å². The van der Waals surface area contributed by atoms with Crippen LogP contribution in [0.25, 0.3) is 10.9 Å². The highest BCUT2D eigenvalue weighted by atomic mass is 19.1. The highest BCUT2D eigenvalue weighted by molar-refractivity contribution is 6.17. The van der Waals surface area contributed by atoms with Gasteiger partial charge in [-0.25, -0.2) is 13.8 Å². The SMILES string of the molecule is O=C1CCC(N2Cc3cc(NCCN4C[C@H]5C[C@@H]4CN5CC4CCN(c5cc6nccc(Oc7ccc(NC(=O)C8(C(=O)Nc9ccc(F)cc9)CC8)cc7)c6cc5F)CC4)ncc3C2=O)C(=O)N1. The predicted octanol–water partition coefficient (Wildman–Crippen LogP) is 5.91. The van der Waals surface area contributed by atoms with Gasteiger partial charge in [-0.3, -0.25) is 44.1 Å². The van der Waals surface area contributed by atoms with Gasteiger partial charge in [0, 0.05) is 100 Å². The van der Waals surface area contributed by atoms with Gasteiger partial charge >= 0.3 is 0 Å². The Hall–Kier alpha value is -7.05. The fourth-order valence-corrected chi connectivity index (χ4v) is 10.8. The van der Waals surface area contributed by atoms with Gasteiger partial charge in [-0.05, 0) is 123 Å². The van der Waals surface area contributed by atoms with Crippen LogP contribution in [0.3, 0.4) is 0 Å². The Kier molecular flexibility index (Phi) is 11.7. The summed E-state index contributed by atoms with van der Waals surface area (Å²) in [7, 11) is 0. The number of amides is 5. The van der Waals surface area contributed by atoms with Crippen molar-refractivity contribution in [2.75, 3.05) is 66.7 Å². The molecule has 7 heterocycles. The fourth-order valence-electron chi connectivity index (χ4n) is 10.8. The third kappa shape index (κ3) is 8.94. The van der Waals surface area contributed by atoms with Gasteiger partial charge in [0.1, 0.15) is 40.4 Å². The molecule has 1 aliphatic carbocycles. The van der Waals surface area contributed by atoms with Crippen LogP contribution in [0.5, 0.6) is 11.5 Å². The lowest BCUT2D eigenvalue weighted by Gasteiger charge is -2.39. The zero-order valence-corrected chi connectivity index (χ0v) is 37.9. The molecule has 5 amide bonds. The molecule has 2 aromatic heterocycles. The molecule has 16 nitrogen and oxygen atoms in total. The fraction of sp³-hybridized carbons (Fsp3) is 0.392. The highest BCUT2D eigenvalue weighted by Crippen LogP contribution is 2.48. The Morgan fingerprint density at radius 2 is 1.55 bits per heavy atom. The number of imide groups is 1. The minimum atomic E-state index is -1.19. The summed E-state index contributed by atoms with van der Waals surface area (Å²) in [6, 6.07) is 19.4. The number of carbonyl (C=O) groups is 5. The van der Waals surface area contributed by atoms with Gasteiger partial charge in [0.05, 0.1) is 16.8 Å². The molecule has 11 rings (SSSR count). The van der Waals surface area contributed by atoms with Crippen molar-refractivity contribution >= 4 is 63.3 Å². The zero-order valence-electron chi connectivity index (χ0n) is 37.9. The maximum Gasteiger partial charge on any atom is 0.256 e. The van der Waals surface area contributed by atoms with E-state index in [1.54, 1.807) is 48.8 Å². The minimum Gasteiger partial charge on any atom is -0.457 e. The van der Waals surface area contributed by atoms with E-state index >= 15 is 4.39 Å². The van der Waals surface area contributed by atoms with Crippen molar-refractivity contribution in [3.05, 3.63) is 108 Å². The molecule has 5 aromatic rings. The van der Waals surface area contributed by atoms with Gasteiger partial charge < -0.3 is 30.5 Å². The third-order valence-corrected chi connectivity index (χ3v) is 14.9. The number of benzene rings is 3. The maximum atomic E-state index is 15.9. The first-order valence-corrected chi connectivity index (χ1v) is 23.8. The number of carbonyl (C=O) groups excluding carboxylic acids is 5. The van der Waals surface area contributed by atoms with E-state index in [9.17, 15) is 28.4 Å². The van der Waals surface area contributed by atoms with E-state index in [1.165, 1.54) is 35.2 Å². The van der Waals surface area contributed by atoms with Crippen LogP contribution in [0.2, 0.25) is 0 Å². The van der Waals surface area contributed by atoms with E-state index in [2.05, 4.69) is 45.9 Å². The molecule has 5 fully saturated rings. The molecule has 6 aliphatic rings. The number of rotatable bonds is 14. The molecule has 2 bridgehead atoms. The number of nitrogens with zero attached hydrogens (tertiary/aromatic N) is 6. The van der Waals surface area contributed by atoms with Gasteiger partial charge in [0.15, 0.2) is 0 Å². The standard InChI is InChI=1S/C51H52F2N10O6/c52-32-1-3-33(4-2-32)57-49(67)51(14-15-51)50(68)58-34-5-7-37(8-6-34)69-44-11-16-54-41-24-43(40(53)23-38(41)44)60-18-12-30(13-19-60)26-62-29-35-22-36(62)28-61(35)20-17-55-45-21-31-27-63(48(66)39(31)25-56-45)42-9-10-46(64)59-47(42)65/h1-8,11,16,21,23-25,30,35-36,42H,9-10,12-15,17-20,22,26-29H2,(H,55,56)(H,57,67)(H,58,68)(H,59,64,65)/t35-,36-,42?/m1/s1. The molecular formula is C51H52F2N10O6. The first-order chi connectivity index (χ1) is 33.5. The first-order valence-electron chi connectivity index (χ1n) is 23.8. The summed E-state index contributed by atoms with van der Waals surface area (Å²) in [5.74, 6) is -0.411. The molecule has 1 saturated carbocycles. The Morgan fingerprint density at radius 3 is 2.25 bits per heavy atom. The van der Waals surface area contributed by atoms with Crippen molar-refractivity contribution in [3.63, 3.8) is 0 Å². The summed E-state index contributed by atoms with van der Waals surface area (Å²) in [5.41, 5.74) is 2.20. The van der Waals surface area contributed by atoms with E-state index < -0.39 is 35.0 Å². The molecule has 4 saturated heterocycles. The average Bonchev–Trinajstić information content (AvgIpc) is 3.81. The van der Waals surface area contributed by atoms with Crippen LogP contribution < -0.4 is 30.9 Å². The van der Waals surface area contributed by atoms with Crippen molar-refractivity contribution < 1.29 is 37.5 Å². The summed E-state index contributed by atoms with van der Waals surface area (Å²) in [6.45, 7) is 6.54. The van der Waals surface area contributed by atoms with Crippen LogP contribution in [0.1, 0.15) is 60.9 Å². The highest BCUT2D eigenvalue weighted by Gasteiger charge is 2.56. The third-order valence-electron chi connectivity index (χ3n) is 14.9. The summed E-state index contributed by atoms with van der Waals surface area (Å²) < 4.78 is 35.5. The number of fused-ring (bicyclic) bond motifs is 4. The van der Waals surface area contributed by atoms with Gasteiger partial charge in [-0.15, -0.1) is 0 Å². The van der Waals surface area contributed by atoms with Crippen LogP contribution in [0.15, 0.2) is 85.2 Å². The van der Waals surface area contributed by atoms with Gasteiger partial charge in [-0.2, -0.15) is 0 Å². The predicted molar refractivity (Wildman–Crippen MR) is 253 cm³/mol. The van der Waals surface area contributed by atoms with Crippen LogP contribution in [0.4, 0.5) is 31.7 Å². The molecule has 0 radical (unpaired) electrons. The average molecular weight is 939 g/mol. The lowest BCUT2D eigenvalue weighted by Crippen LogP contribution is -2.52. The van der Waals surface area contributed by atoms with Gasteiger partial charge in [0.2, 0.25) is 23.6 Å². The Bertz CT molecular complexity index is 2860. The second-order valence-corrected chi connectivity index (χ2v) is 19.2. The van der Waals surface area contributed by atoms with Crippen molar-refractivity contribution in [1.29, 1.82) is 0 Å². The number of likely N-dealkylation sites (tertiary alicyclic amines) is 2. The molecule has 1 unspecified atom stereocenters. The number of hydrogen-bond acceptors (Lipinski definition) is 12. The first kappa shape index (κ1) is 44.5. The second kappa shape index (κ2) is 18.1. The zero-order chi connectivity index (χ0) is 47.4. The number of ether oxygens (including phenoxy) is 1. The molecule has 4 N–H and O–H groups in total. The van der Waals surface area contributed by atoms with Crippen LogP contribution in [0, 0.1) is 23.0 Å². The van der Waals surface area contributed by atoms with E-state index in [1.807, 2.05) is 6.07 Å². The molecule has 3 atom stereocenters. The smallest absolute Gasteiger partial charge is 0.256 e. The van der Waals surface area contributed by atoms with Crippen molar-refractivity contribution in [3.8, 4) is 11.5 Å². The largest absolute Gasteiger partial charge is 0.457 e. The van der Waals surface area contributed by atoms with Crippen LogP contribution in [-0.2, 0) is 25.7 Å². The number of hydrogen-bond donors (Lipinski definition) is 4. The summed E-state index contributed by atoms with van der Waals surface area (Å²) in [4.78, 5) is 81.2. The summed E-state index contributed by atoms with van der Waals surface area (Å²) in [5, 5.41) is 11.9. The van der Waals surface area contributed by atoms with Crippen molar-refractivity contribution in [1.82, 2.24) is 30.0 Å². The van der Waals surface area contributed by atoms with Crippen molar-refractivity contribution in [2.45, 2.75) is 69.6 Å². The Balaban J connectivity index is 0.630.